The molecule has 1 aliphatic rings. The maximum absolute atomic E-state index is 13.0. The number of amides is 2. The zero-order chi connectivity index (χ0) is 19.6. The van der Waals surface area contributed by atoms with Gasteiger partial charge in [-0.25, -0.2) is 0 Å². The van der Waals surface area contributed by atoms with E-state index in [-0.39, 0.29) is 25.0 Å². The Balaban J connectivity index is 1.84. The van der Waals surface area contributed by atoms with Crippen LogP contribution < -0.4 is 5.32 Å². The van der Waals surface area contributed by atoms with Gasteiger partial charge in [0, 0.05) is 35.7 Å². The molecule has 2 amide bonds. The normalized spacial score (nSPS) is 16.4. The Kier molecular flexibility index (Phi) is 5.53. The fraction of sp³-hybridized carbons (Fsp3) is 0.333. The number of nitrogens with zero attached hydrogens (tertiary/aromatic N) is 1. The van der Waals surface area contributed by atoms with Crippen LogP contribution in [0.2, 0.25) is 5.02 Å². The minimum absolute atomic E-state index is 0.0794. The summed E-state index contributed by atoms with van der Waals surface area (Å²) in [7, 11) is 0. The Hall–Kier alpha value is -2.37. The lowest BCUT2D eigenvalue weighted by atomic mass is 9.93. The average Bonchev–Trinajstić information content (AvgIpc) is 2.92. The van der Waals surface area contributed by atoms with E-state index in [1.54, 1.807) is 29.2 Å². The molecule has 1 heterocycles. The standard InChI is InChI=1S/C21H23ClN2O3/c1-21(2,13-25)12-24-18(16-8-3-4-9-17(16)20(24)27)19(26)23-11-14-6-5-7-15(22)10-14/h3-10,18,25H,11-13H2,1-2H3,(H,23,26). The second-order valence-corrected chi connectivity index (χ2v) is 8.03. The number of nitrogens with one attached hydrogen (secondary N) is 1. The highest BCUT2D eigenvalue weighted by atomic mass is 35.5. The number of benzene rings is 2. The molecule has 1 aliphatic heterocycles. The number of carbonyl (C=O) groups is 2. The number of carbonyl (C=O) groups excluding carboxylic acids is 2. The monoisotopic (exact) mass is 386 g/mol. The molecule has 0 saturated heterocycles. The summed E-state index contributed by atoms with van der Waals surface area (Å²) >= 11 is 6.00. The highest BCUT2D eigenvalue weighted by Crippen LogP contribution is 2.36. The Morgan fingerprint density at radius 1 is 1.22 bits per heavy atom. The van der Waals surface area contributed by atoms with Crippen molar-refractivity contribution >= 4 is 23.4 Å². The van der Waals surface area contributed by atoms with Crippen molar-refractivity contribution in [2.75, 3.05) is 13.2 Å². The third kappa shape index (κ3) is 4.15. The van der Waals surface area contributed by atoms with E-state index in [2.05, 4.69) is 5.32 Å². The molecule has 1 atom stereocenters. The molecular formula is C21H23ClN2O3. The van der Waals surface area contributed by atoms with Gasteiger partial charge in [0.2, 0.25) is 5.91 Å². The lowest BCUT2D eigenvalue weighted by Crippen LogP contribution is -2.44. The van der Waals surface area contributed by atoms with Crippen LogP contribution >= 0.6 is 11.6 Å². The second-order valence-electron chi connectivity index (χ2n) is 7.59. The van der Waals surface area contributed by atoms with Crippen LogP contribution in [0.15, 0.2) is 48.5 Å². The molecule has 5 nitrogen and oxygen atoms in total. The first kappa shape index (κ1) is 19.4. The maximum atomic E-state index is 13.0. The first-order valence-electron chi connectivity index (χ1n) is 8.85. The smallest absolute Gasteiger partial charge is 0.255 e. The highest BCUT2D eigenvalue weighted by Gasteiger charge is 2.42. The molecule has 27 heavy (non-hydrogen) atoms. The van der Waals surface area contributed by atoms with E-state index < -0.39 is 11.5 Å². The Labute approximate surface area is 163 Å². The number of hydrogen-bond donors (Lipinski definition) is 2. The van der Waals surface area contributed by atoms with E-state index >= 15 is 0 Å². The first-order chi connectivity index (χ1) is 12.8. The second kappa shape index (κ2) is 7.71. The van der Waals surface area contributed by atoms with Gasteiger partial charge in [-0.15, -0.1) is 0 Å². The van der Waals surface area contributed by atoms with Crippen molar-refractivity contribution in [2.45, 2.75) is 26.4 Å². The van der Waals surface area contributed by atoms with Crippen LogP contribution in [0.25, 0.3) is 0 Å². The summed E-state index contributed by atoms with van der Waals surface area (Å²) in [5.41, 5.74) is 1.60. The number of rotatable bonds is 6. The molecule has 2 aromatic carbocycles. The first-order valence-corrected chi connectivity index (χ1v) is 9.23. The Morgan fingerprint density at radius 2 is 1.96 bits per heavy atom. The number of aliphatic hydroxyl groups excluding tert-OH is 1. The molecule has 2 N–H and O–H groups in total. The summed E-state index contributed by atoms with van der Waals surface area (Å²) in [4.78, 5) is 27.4. The summed E-state index contributed by atoms with van der Waals surface area (Å²) in [6.07, 6.45) is 0. The summed E-state index contributed by atoms with van der Waals surface area (Å²) in [5, 5.41) is 13.1. The third-order valence-corrected chi connectivity index (χ3v) is 4.92. The van der Waals surface area contributed by atoms with E-state index in [4.69, 9.17) is 11.6 Å². The summed E-state index contributed by atoms with van der Waals surface area (Å²) in [5.74, 6) is -0.433. The lowest BCUT2D eigenvalue weighted by Gasteiger charge is -2.32. The maximum Gasteiger partial charge on any atom is 0.255 e. The topological polar surface area (TPSA) is 69.6 Å². The van der Waals surface area contributed by atoms with Gasteiger partial charge in [0.25, 0.3) is 5.91 Å². The number of halogens is 1. The van der Waals surface area contributed by atoms with Gasteiger partial charge in [-0.05, 0) is 29.3 Å². The van der Waals surface area contributed by atoms with Gasteiger partial charge < -0.3 is 15.3 Å². The van der Waals surface area contributed by atoms with Gasteiger partial charge in [-0.2, -0.15) is 0 Å². The molecule has 0 fully saturated rings. The van der Waals surface area contributed by atoms with Crippen molar-refractivity contribution in [3.05, 3.63) is 70.2 Å². The quantitative estimate of drug-likeness (QED) is 0.801. The molecule has 0 saturated carbocycles. The summed E-state index contributed by atoms with van der Waals surface area (Å²) < 4.78 is 0. The van der Waals surface area contributed by atoms with Crippen LogP contribution in [0, 0.1) is 5.41 Å². The van der Waals surface area contributed by atoms with Crippen molar-refractivity contribution < 1.29 is 14.7 Å². The van der Waals surface area contributed by atoms with E-state index in [1.807, 2.05) is 38.1 Å². The molecule has 0 aliphatic carbocycles. The number of fused-ring (bicyclic) bond motifs is 1. The van der Waals surface area contributed by atoms with Crippen LogP contribution in [0.3, 0.4) is 0 Å². The van der Waals surface area contributed by atoms with Crippen LogP contribution in [-0.2, 0) is 11.3 Å². The highest BCUT2D eigenvalue weighted by molar-refractivity contribution is 6.30. The molecule has 0 bridgehead atoms. The average molecular weight is 387 g/mol. The predicted octanol–water partition coefficient (Wildman–Crippen LogP) is 3.17. The fourth-order valence-electron chi connectivity index (χ4n) is 3.26. The molecule has 2 aromatic rings. The van der Waals surface area contributed by atoms with Crippen molar-refractivity contribution in [1.82, 2.24) is 10.2 Å². The molecular weight excluding hydrogens is 364 g/mol. The molecule has 0 radical (unpaired) electrons. The van der Waals surface area contributed by atoms with Crippen LogP contribution in [0.4, 0.5) is 0 Å². The molecule has 0 spiro atoms. The van der Waals surface area contributed by atoms with Gasteiger partial charge in [0.1, 0.15) is 6.04 Å². The van der Waals surface area contributed by atoms with E-state index in [9.17, 15) is 14.7 Å². The van der Waals surface area contributed by atoms with E-state index in [0.29, 0.717) is 22.7 Å². The molecule has 6 heteroatoms. The van der Waals surface area contributed by atoms with Gasteiger partial charge in [-0.1, -0.05) is 55.8 Å². The summed E-state index contributed by atoms with van der Waals surface area (Å²) in [6.45, 7) is 4.26. The SMILES string of the molecule is CC(C)(CO)CN1C(=O)c2ccccc2C1C(=O)NCc1cccc(Cl)c1. The van der Waals surface area contributed by atoms with Crippen molar-refractivity contribution in [3.63, 3.8) is 0 Å². The molecule has 142 valence electrons. The zero-order valence-electron chi connectivity index (χ0n) is 15.4. The van der Waals surface area contributed by atoms with Crippen molar-refractivity contribution in [1.29, 1.82) is 0 Å². The fourth-order valence-corrected chi connectivity index (χ4v) is 3.47. The zero-order valence-corrected chi connectivity index (χ0v) is 16.2. The molecule has 0 aromatic heterocycles. The van der Waals surface area contributed by atoms with Crippen molar-refractivity contribution in [3.8, 4) is 0 Å². The summed E-state index contributed by atoms with van der Waals surface area (Å²) in [6, 6.07) is 13.7. The molecule has 3 rings (SSSR count). The number of hydrogen-bond acceptors (Lipinski definition) is 3. The van der Waals surface area contributed by atoms with Crippen molar-refractivity contribution in [2.24, 2.45) is 5.41 Å². The van der Waals surface area contributed by atoms with Gasteiger partial charge >= 0.3 is 0 Å². The Bertz CT molecular complexity index is 866. The minimum atomic E-state index is -0.710. The van der Waals surface area contributed by atoms with Gasteiger partial charge in [-0.3, -0.25) is 9.59 Å². The minimum Gasteiger partial charge on any atom is -0.396 e. The van der Waals surface area contributed by atoms with Crippen LogP contribution in [-0.4, -0.2) is 35.0 Å². The third-order valence-electron chi connectivity index (χ3n) is 4.69. The predicted molar refractivity (Wildman–Crippen MR) is 104 cm³/mol. The van der Waals surface area contributed by atoms with Crippen LogP contribution in [0.1, 0.15) is 41.4 Å². The van der Waals surface area contributed by atoms with Gasteiger partial charge in [0.05, 0.1) is 0 Å². The molecule has 1 unspecified atom stereocenters. The largest absolute Gasteiger partial charge is 0.396 e. The number of aliphatic hydroxyl groups is 1. The Morgan fingerprint density at radius 3 is 2.67 bits per heavy atom. The van der Waals surface area contributed by atoms with E-state index in [1.165, 1.54) is 0 Å². The van der Waals surface area contributed by atoms with Gasteiger partial charge in [0.15, 0.2) is 0 Å². The lowest BCUT2D eigenvalue weighted by molar-refractivity contribution is -0.126. The van der Waals surface area contributed by atoms with Crippen LogP contribution in [0.5, 0.6) is 0 Å². The van der Waals surface area contributed by atoms with E-state index in [0.717, 1.165) is 5.56 Å².